The molecule has 5 aromatic rings. The maximum atomic E-state index is 15.8. The van der Waals surface area contributed by atoms with E-state index in [4.69, 9.17) is 4.74 Å². The van der Waals surface area contributed by atoms with Crippen molar-refractivity contribution in [3.8, 4) is 22.6 Å². The average Bonchev–Trinajstić information content (AvgIpc) is 3.00. The zero-order valence-electron chi connectivity index (χ0n) is 24.3. The average molecular weight is 613 g/mol. The van der Waals surface area contributed by atoms with Gasteiger partial charge in [0.05, 0.1) is 29.6 Å². The fourth-order valence-electron chi connectivity index (χ4n) is 5.82. The zero-order chi connectivity index (χ0) is 32.2. The van der Waals surface area contributed by atoms with Gasteiger partial charge in [0, 0.05) is 29.9 Å². The van der Waals surface area contributed by atoms with Gasteiger partial charge in [-0.3, -0.25) is 23.9 Å². The van der Waals surface area contributed by atoms with Gasteiger partial charge in [-0.15, -0.1) is 0 Å². The highest BCUT2D eigenvalue weighted by Gasteiger charge is 2.34. The fourth-order valence-corrected chi connectivity index (χ4v) is 5.82. The van der Waals surface area contributed by atoms with E-state index in [9.17, 15) is 24.3 Å². The number of nitrogens with one attached hydrogen (secondary N) is 1. The van der Waals surface area contributed by atoms with Crippen molar-refractivity contribution < 1.29 is 28.2 Å². The number of aliphatic carboxylic acids is 1. The van der Waals surface area contributed by atoms with Gasteiger partial charge in [0.1, 0.15) is 29.2 Å². The summed E-state index contributed by atoms with van der Waals surface area (Å²) in [4.78, 5) is 57.7. The van der Waals surface area contributed by atoms with Crippen LogP contribution >= 0.6 is 0 Å². The molecule has 1 aliphatic heterocycles. The number of carboxylic acid groups (broad SMARTS) is 1. The van der Waals surface area contributed by atoms with Crippen molar-refractivity contribution >= 4 is 22.8 Å². The second-order valence-corrected chi connectivity index (χ2v) is 10.9. The number of benzene rings is 3. The lowest BCUT2D eigenvalue weighted by atomic mass is 9.92. The van der Waals surface area contributed by atoms with Crippen LogP contribution in [0.3, 0.4) is 0 Å². The van der Waals surface area contributed by atoms with Crippen molar-refractivity contribution in [2.75, 3.05) is 0 Å². The number of carbonyl (C=O) groups excluding carboxylic acids is 1. The Hall–Kier alpha value is -5.65. The molecule has 0 aliphatic carbocycles. The number of hydrogen-bond acceptors (Lipinski definition) is 6. The number of fused-ring (bicyclic) bond motifs is 7. The number of carbonyl (C=O) groups is 2. The number of hydrogen-bond donors (Lipinski definition) is 2. The number of ether oxygens (including phenoxy) is 1. The first-order valence-electron chi connectivity index (χ1n) is 13.9. The lowest BCUT2D eigenvalue weighted by Crippen LogP contribution is -2.48. The summed E-state index contributed by atoms with van der Waals surface area (Å²) in [6.07, 6.45) is 1.88. The van der Waals surface area contributed by atoms with E-state index in [1.807, 2.05) is 13.0 Å². The molecule has 10 nitrogen and oxygen atoms in total. The number of rotatable bonds is 3. The molecule has 0 spiro atoms. The quantitative estimate of drug-likeness (QED) is 0.302. The molecular formula is C33H26F2N4O6. The Morgan fingerprint density at radius 2 is 1.80 bits per heavy atom. The van der Waals surface area contributed by atoms with Gasteiger partial charge in [0.25, 0.3) is 5.56 Å². The highest BCUT2D eigenvalue weighted by molar-refractivity contribution is 5.86. The van der Waals surface area contributed by atoms with Crippen LogP contribution in [-0.2, 0) is 16.6 Å². The lowest BCUT2D eigenvalue weighted by Gasteiger charge is -2.25. The number of aromatic nitrogens is 3. The first kappa shape index (κ1) is 29.4. The molecule has 6 rings (SSSR count). The highest BCUT2D eigenvalue weighted by atomic mass is 19.1. The van der Waals surface area contributed by atoms with E-state index >= 15 is 8.78 Å². The van der Waals surface area contributed by atoms with Gasteiger partial charge in [-0.2, -0.15) is 0 Å². The van der Waals surface area contributed by atoms with Crippen LogP contribution < -0.4 is 21.3 Å². The zero-order valence-corrected chi connectivity index (χ0v) is 24.3. The van der Waals surface area contributed by atoms with E-state index in [1.165, 1.54) is 50.6 Å². The number of halogens is 2. The van der Waals surface area contributed by atoms with Gasteiger partial charge < -0.3 is 15.2 Å². The molecule has 228 valence electrons. The number of aryl methyl sites for hydroxylation is 3. The van der Waals surface area contributed by atoms with Crippen LogP contribution in [0.4, 0.5) is 8.78 Å². The van der Waals surface area contributed by atoms with E-state index in [-0.39, 0.29) is 27.8 Å². The van der Waals surface area contributed by atoms with E-state index in [1.54, 1.807) is 18.2 Å². The molecule has 0 unspecified atom stereocenters. The SMILES string of the molecule is Cc1cc2cc(c1F)[C@H](CC(=O)O)NC(=O)[C@@H](n1c(=O)c3ccncc3n(C)c1=O)c1cc(ccc1F)Oc1cccc(C)c1-2. The van der Waals surface area contributed by atoms with Crippen LogP contribution in [0.15, 0.2) is 76.6 Å². The Balaban J connectivity index is 1.70. The number of pyridine rings is 1. The summed E-state index contributed by atoms with van der Waals surface area (Å²) >= 11 is 0. The third-order valence-electron chi connectivity index (χ3n) is 7.98. The summed E-state index contributed by atoms with van der Waals surface area (Å²) < 4.78 is 39.4. The molecule has 1 amide bonds. The van der Waals surface area contributed by atoms with Gasteiger partial charge in [-0.1, -0.05) is 12.1 Å². The van der Waals surface area contributed by atoms with E-state index < -0.39 is 58.8 Å². The number of amides is 1. The molecule has 0 fully saturated rings. The summed E-state index contributed by atoms with van der Waals surface area (Å²) in [5.41, 5.74) is -0.261. The topological polar surface area (TPSA) is 133 Å². The van der Waals surface area contributed by atoms with Crippen molar-refractivity contribution in [1.82, 2.24) is 19.4 Å². The first-order chi connectivity index (χ1) is 21.5. The molecule has 0 radical (unpaired) electrons. The molecule has 0 saturated heterocycles. The van der Waals surface area contributed by atoms with Crippen LogP contribution in [0, 0.1) is 25.5 Å². The minimum Gasteiger partial charge on any atom is -0.481 e. The van der Waals surface area contributed by atoms with Crippen LogP contribution in [0.25, 0.3) is 22.0 Å². The smallest absolute Gasteiger partial charge is 0.332 e. The molecule has 0 saturated carbocycles. The second kappa shape index (κ2) is 11.1. The summed E-state index contributed by atoms with van der Waals surface area (Å²) in [7, 11) is 1.37. The van der Waals surface area contributed by atoms with Gasteiger partial charge in [-0.25, -0.2) is 18.1 Å². The Kier molecular flexibility index (Phi) is 7.27. The van der Waals surface area contributed by atoms with Gasteiger partial charge in [0.2, 0.25) is 5.91 Å². The van der Waals surface area contributed by atoms with Gasteiger partial charge >= 0.3 is 11.7 Å². The van der Waals surface area contributed by atoms with E-state index in [0.29, 0.717) is 21.4 Å². The third kappa shape index (κ3) is 5.03. The Morgan fingerprint density at radius 1 is 1.02 bits per heavy atom. The van der Waals surface area contributed by atoms with Crippen LogP contribution in [0.2, 0.25) is 0 Å². The first-order valence-corrected chi connectivity index (χ1v) is 13.9. The lowest BCUT2D eigenvalue weighted by molar-refractivity contribution is -0.137. The molecule has 12 heteroatoms. The molecule has 3 heterocycles. The predicted octanol–water partition coefficient (Wildman–Crippen LogP) is 4.68. The predicted molar refractivity (Wildman–Crippen MR) is 160 cm³/mol. The van der Waals surface area contributed by atoms with Crippen molar-refractivity contribution in [3.05, 3.63) is 122 Å². The Morgan fingerprint density at radius 3 is 2.56 bits per heavy atom. The summed E-state index contributed by atoms with van der Waals surface area (Å²) in [6, 6.07) is 9.76. The summed E-state index contributed by atoms with van der Waals surface area (Å²) in [5.74, 6) is -3.76. The van der Waals surface area contributed by atoms with Crippen LogP contribution in [0.5, 0.6) is 11.5 Å². The number of nitrogens with zero attached hydrogens (tertiary/aromatic N) is 3. The van der Waals surface area contributed by atoms with Crippen molar-refractivity contribution in [3.63, 3.8) is 0 Å². The van der Waals surface area contributed by atoms with Crippen LogP contribution in [-0.4, -0.2) is 31.1 Å². The maximum Gasteiger partial charge on any atom is 0.332 e. The van der Waals surface area contributed by atoms with E-state index in [2.05, 4.69) is 10.3 Å². The van der Waals surface area contributed by atoms with E-state index in [0.717, 1.165) is 16.2 Å². The van der Waals surface area contributed by atoms with Crippen LogP contribution in [0.1, 0.15) is 40.8 Å². The summed E-state index contributed by atoms with van der Waals surface area (Å²) in [5, 5.41) is 12.3. The van der Waals surface area contributed by atoms with Crippen molar-refractivity contribution in [2.24, 2.45) is 7.05 Å². The highest BCUT2D eigenvalue weighted by Crippen LogP contribution is 2.40. The molecule has 1 aliphatic rings. The molecule has 2 N–H and O–H groups in total. The molecule has 45 heavy (non-hydrogen) atoms. The molecule has 2 aromatic heterocycles. The molecule has 4 bridgehead atoms. The minimum absolute atomic E-state index is 0.0245. The normalized spacial score (nSPS) is 16.1. The van der Waals surface area contributed by atoms with Gasteiger partial charge in [-0.05, 0) is 73.0 Å². The largest absolute Gasteiger partial charge is 0.481 e. The Bertz CT molecular complexity index is 2170. The number of carboxylic acids is 1. The summed E-state index contributed by atoms with van der Waals surface area (Å²) in [6.45, 7) is 3.33. The van der Waals surface area contributed by atoms with Crippen molar-refractivity contribution in [1.29, 1.82) is 0 Å². The fraction of sp³-hybridized carbons (Fsp3) is 0.182. The van der Waals surface area contributed by atoms with Crippen molar-refractivity contribution in [2.45, 2.75) is 32.4 Å². The molecule has 2 atom stereocenters. The molecular weight excluding hydrogens is 586 g/mol. The minimum atomic E-state index is -1.95. The molecule has 3 aromatic carbocycles. The second-order valence-electron chi connectivity index (χ2n) is 10.9. The standard InChI is InChI=1S/C33H26F2N4O6/c1-16-5-4-6-26-28(16)18-11-17(2)29(35)22(12-18)24(14-27(40)41)37-31(42)30(21-13-19(45-26)7-8-23(21)34)39-32(43)20-9-10-36-15-25(20)38(3)33(39)44/h4-13,15,24,30H,14H2,1-3H3,(H,37,42)(H,40,41)/t24-,30-/m0/s1. The monoisotopic (exact) mass is 612 g/mol. The maximum absolute atomic E-state index is 15.8. The third-order valence-corrected chi connectivity index (χ3v) is 7.98. The van der Waals surface area contributed by atoms with Gasteiger partial charge in [0.15, 0.2) is 0 Å². The Labute approximate surface area is 254 Å².